The van der Waals surface area contributed by atoms with Crippen molar-refractivity contribution in [3.05, 3.63) is 59.9 Å². The number of aliphatic hydroxyl groups is 1. The molecule has 16 heavy (non-hydrogen) atoms. The highest BCUT2D eigenvalue weighted by atomic mass is 16.3. The predicted octanol–water partition coefficient (Wildman–Crippen LogP) is 2.61. The van der Waals surface area contributed by atoms with Crippen LogP contribution >= 0.6 is 0 Å². The second kappa shape index (κ2) is 5.52. The van der Waals surface area contributed by atoms with Crippen LogP contribution in [0.15, 0.2) is 48.7 Å². The van der Waals surface area contributed by atoms with Crippen LogP contribution in [-0.2, 0) is 19.6 Å². The molecule has 0 amide bonds. The highest BCUT2D eigenvalue weighted by molar-refractivity contribution is 5.14. The fraction of sp³-hybridized carbons (Fsp3) is 0.286. The molecule has 0 aliphatic heterocycles. The van der Waals surface area contributed by atoms with Crippen molar-refractivity contribution < 1.29 is 5.11 Å². The van der Waals surface area contributed by atoms with Gasteiger partial charge in [0.15, 0.2) is 0 Å². The van der Waals surface area contributed by atoms with Crippen molar-refractivity contribution in [2.45, 2.75) is 26.0 Å². The SMILES string of the molecule is OCc1cccn1CCCc1ccccc1. The summed E-state index contributed by atoms with van der Waals surface area (Å²) in [5.74, 6) is 0. The Morgan fingerprint density at radius 1 is 1.00 bits per heavy atom. The summed E-state index contributed by atoms with van der Waals surface area (Å²) in [5.41, 5.74) is 2.37. The molecule has 0 atom stereocenters. The van der Waals surface area contributed by atoms with Crippen LogP contribution in [0.3, 0.4) is 0 Å². The Bertz CT molecular complexity index is 419. The van der Waals surface area contributed by atoms with Gasteiger partial charge in [-0.3, -0.25) is 0 Å². The van der Waals surface area contributed by atoms with E-state index in [0.717, 1.165) is 25.1 Å². The molecule has 0 aliphatic carbocycles. The maximum atomic E-state index is 9.10. The Hall–Kier alpha value is -1.54. The molecular formula is C14H17NO. The zero-order valence-electron chi connectivity index (χ0n) is 9.34. The third kappa shape index (κ3) is 2.74. The van der Waals surface area contributed by atoms with Crippen LogP contribution in [-0.4, -0.2) is 9.67 Å². The van der Waals surface area contributed by atoms with Crippen LogP contribution in [0, 0.1) is 0 Å². The molecule has 1 aromatic carbocycles. The number of benzene rings is 1. The minimum absolute atomic E-state index is 0.123. The second-order valence-electron chi connectivity index (χ2n) is 3.94. The van der Waals surface area contributed by atoms with E-state index >= 15 is 0 Å². The van der Waals surface area contributed by atoms with Crippen LogP contribution in [0.4, 0.5) is 0 Å². The van der Waals surface area contributed by atoms with Gasteiger partial charge >= 0.3 is 0 Å². The summed E-state index contributed by atoms with van der Waals surface area (Å²) in [6, 6.07) is 14.4. The predicted molar refractivity (Wildman–Crippen MR) is 65.1 cm³/mol. The van der Waals surface area contributed by atoms with E-state index in [1.165, 1.54) is 5.56 Å². The number of hydrogen-bond acceptors (Lipinski definition) is 1. The van der Waals surface area contributed by atoms with Gasteiger partial charge in [0.25, 0.3) is 0 Å². The molecule has 1 aromatic heterocycles. The number of nitrogens with zero attached hydrogens (tertiary/aromatic N) is 1. The average molecular weight is 215 g/mol. The molecule has 0 fully saturated rings. The van der Waals surface area contributed by atoms with Crippen LogP contribution in [0.25, 0.3) is 0 Å². The number of aromatic nitrogens is 1. The van der Waals surface area contributed by atoms with E-state index in [1.807, 2.05) is 24.4 Å². The van der Waals surface area contributed by atoms with Crippen molar-refractivity contribution in [2.75, 3.05) is 0 Å². The minimum Gasteiger partial charge on any atom is -0.390 e. The molecule has 1 N–H and O–H groups in total. The van der Waals surface area contributed by atoms with E-state index in [1.54, 1.807) is 0 Å². The van der Waals surface area contributed by atoms with Gasteiger partial charge in [-0.05, 0) is 30.5 Å². The molecule has 0 unspecified atom stereocenters. The normalized spacial score (nSPS) is 10.6. The fourth-order valence-electron chi connectivity index (χ4n) is 1.91. The van der Waals surface area contributed by atoms with E-state index < -0.39 is 0 Å². The Morgan fingerprint density at radius 3 is 2.56 bits per heavy atom. The van der Waals surface area contributed by atoms with Gasteiger partial charge in [-0.25, -0.2) is 0 Å². The Morgan fingerprint density at radius 2 is 1.81 bits per heavy atom. The standard InChI is InChI=1S/C14H17NO/c16-12-14-9-5-11-15(14)10-4-8-13-6-2-1-3-7-13/h1-3,5-7,9,11,16H,4,8,10,12H2. The molecule has 0 bridgehead atoms. The largest absolute Gasteiger partial charge is 0.390 e. The van der Waals surface area contributed by atoms with E-state index in [2.05, 4.69) is 28.8 Å². The molecule has 2 nitrogen and oxygen atoms in total. The first kappa shape index (κ1) is 11.0. The Labute approximate surface area is 96.2 Å². The average Bonchev–Trinajstić information content (AvgIpc) is 2.78. The van der Waals surface area contributed by atoms with Crippen molar-refractivity contribution in [1.29, 1.82) is 0 Å². The van der Waals surface area contributed by atoms with Gasteiger partial charge in [0, 0.05) is 18.4 Å². The van der Waals surface area contributed by atoms with E-state index in [0.29, 0.717) is 0 Å². The lowest BCUT2D eigenvalue weighted by Gasteiger charge is -2.07. The lowest BCUT2D eigenvalue weighted by molar-refractivity contribution is 0.270. The highest BCUT2D eigenvalue weighted by Gasteiger charge is 1.98. The van der Waals surface area contributed by atoms with Crippen molar-refractivity contribution in [2.24, 2.45) is 0 Å². The monoisotopic (exact) mass is 215 g/mol. The van der Waals surface area contributed by atoms with Gasteiger partial charge < -0.3 is 9.67 Å². The summed E-state index contributed by atoms with van der Waals surface area (Å²) in [5, 5.41) is 9.10. The number of hydrogen-bond donors (Lipinski definition) is 1. The number of aryl methyl sites for hydroxylation is 2. The van der Waals surface area contributed by atoms with Gasteiger partial charge in [-0.15, -0.1) is 0 Å². The van der Waals surface area contributed by atoms with Gasteiger partial charge in [0.2, 0.25) is 0 Å². The van der Waals surface area contributed by atoms with Crippen molar-refractivity contribution in [3.8, 4) is 0 Å². The van der Waals surface area contributed by atoms with Crippen LogP contribution in [0.1, 0.15) is 17.7 Å². The van der Waals surface area contributed by atoms with E-state index in [9.17, 15) is 0 Å². The van der Waals surface area contributed by atoms with E-state index in [4.69, 9.17) is 5.11 Å². The Kier molecular flexibility index (Phi) is 3.78. The molecule has 2 aromatic rings. The second-order valence-corrected chi connectivity index (χ2v) is 3.94. The van der Waals surface area contributed by atoms with Gasteiger partial charge in [-0.1, -0.05) is 30.3 Å². The van der Waals surface area contributed by atoms with Crippen molar-refractivity contribution in [1.82, 2.24) is 4.57 Å². The van der Waals surface area contributed by atoms with Gasteiger partial charge in [0.05, 0.1) is 6.61 Å². The lowest BCUT2D eigenvalue weighted by Crippen LogP contribution is -2.02. The summed E-state index contributed by atoms with van der Waals surface area (Å²) in [6.45, 7) is 1.09. The summed E-state index contributed by atoms with van der Waals surface area (Å²) in [6.07, 6.45) is 4.21. The molecule has 0 saturated carbocycles. The highest BCUT2D eigenvalue weighted by Crippen LogP contribution is 2.07. The maximum absolute atomic E-state index is 9.10. The van der Waals surface area contributed by atoms with E-state index in [-0.39, 0.29) is 6.61 Å². The first-order valence-corrected chi connectivity index (χ1v) is 5.69. The molecule has 0 aliphatic rings. The summed E-state index contributed by atoms with van der Waals surface area (Å²) < 4.78 is 2.11. The van der Waals surface area contributed by atoms with Crippen molar-refractivity contribution in [3.63, 3.8) is 0 Å². The maximum Gasteiger partial charge on any atom is 0.0832 e. The quantitative estimate of drug-likeness (QED) is 0.815. The number of aliphatic hydroxyl groups excluding tert-OH is 1. The minimum atomic E-state index is 0.123. The molecule has 2 heteroatoms. The first-order valence-electron chi connectivity index (χ1n) is 5.69. The lowest BCUT2D eigenvalue weighted by atomic mass is 10.1. The molecular weight excluding hydrogens is 198 g/mol. The van der Waals surface area contributed by atoms with Crippen molar-refractivity contribution >= 4 is 0 Å². The third-order valence-corrected chi connectivity index (χ3v) is 2.79. The smallest absolute Gasteiger partial charge is 0.0832 e. The summed E-state index contributed by atoms with van der Waals surface area (Å²) in [7, 11) is 0. The summed E-state index contributed by atoms with van der Waals surface area (Å²) >= 11 is 0. The summed E-state index contributed by atoms with van der Waals surface area (Å²) in [4.78, 5) is 0. The molecule has 84 valence electrons. The molecule has 1 heterocycles. The zero-order valence-corrected chi connectivity index (χ0v) is 9.34. The fourth-order valence-corrected chi connectivity index (χ4v) is 1.91. The third-order valence-electron chi connectivity index (χ3n) is 2.79. The Balaban J connectivity index is 1.85. The molecule has 0 radical (unpaired) electrons. The molecule has 0 spiro atoms. The first-order chi connectivity index (χ1) is 7.90. The van der Waals surface area contributed by atoms with Crippen LogP contribution in [0.2, 0.25) is 0 Å². The number of rotatable bonds is 5. The molecule has 0 saturated heterocycles. The van der Waals surface area contributed by atoms with Crippen LogP contribution in [0.5, 0.6) is 0 Å². The van der Waals surface area contributed by atoms with Gasteiger partial charge in [0.1, 0.15) is 0 Å². The van der Waals surface area contributed by atoms with Gasteiger partial charge in [-0.2, -0.15) is 0 Å². The zero-order chi connectivity index (χ0) is 11.2. The van der Waals surface area contributed by atoms with Crippen LogP contribution < -0.4 is 0 Å². The topological polar surface area (TPSA) is 25.2 Å². The molecule has 2 rings (SSSR count).